The van der Waals surface area contributed by atoms with Crippen molar-refractivity contribution >= 4 is 11.0 Å². The molecule has 17 heavy (non-hydrogen) atoms. The predicted molar refractivity (Wildman–Crippen MR) is 47.7 cm³/mol. The summed E-state index contributed by atoms with van der Waals surface area (Å²) in [7, 11) is 0. The van der Waals surface area contributed by atoms with Crippen molar-refractivity contribution in [3.8, 4) is 5.75 Å². The Hall–Kier alpha value is -1.86. The number of nitrogens with zero attached hydrogens (tertiary/aromatic N) is 1. The Bertz CT molecular complexity index is 534. The summed E-state index contributed by atoms with van der Waals surface area (Å²) in [6, 6.07) is 3.32. The molecule has 0 aliphatic rings. The first-order valence-electron chi connectivity index (χ1n) is 4.38. The summed E-state index contributed by atoms with van der Waals surface area (Å²) in [5.74, 6) is -1.41. The number of fused-ring (bicyclic) bond motifs is 1. The summed E-state index contributed by atoms with van der Waals surface area (Å²) in [5.41, 5.74) is 0.00872. The monoisotopic (exact) mass is 252 g/mol. The van der Waals surface area contributed by atoms with E-state index in [9.17, 15) is 22.0 Å². The Kier molecular flexibility index (Phi) is 2.64. The number of hydrogen-bond acceptors (Lipinski definition) is 2. The Morgan fingerprint density at radius 2 is 1.94 bits per heavy atom. The fourth-order valence-corrected chi connectivity index (χ4v) is 1.30. The molecule has 0 atom stereocenters. The fourth-order valence-electron chi connectivity index (χ4n) is 1.30. The molecule has 1 aromatic heterocycles. The van der Waals surface area contributed by atoms with Gasteiger partial charge in [0.15, 0.2) is 0 Å². The third-order valence-corrected chi connectivity index (χ3v) is 1.95. The van der Waals surface area contributed by atoms with E-state index in [0.717, 1.165) is 12.1 Å². The molecule has 0 spiro atoms. The number of H-pyrrole nitrogens is 1. The lowest BCUT2D eigenvalue weighted by molar-refractivity contribution is -0.144. The van der Waals surface area contributed by atoms with E-state index in [1.54, 1.807) is 0 Å². The number of alkyl halides is 5. The van der Waals surface area contributed by atoms with Gasteiger partial charge in [0.05, 0.1) is 11.0 Å². The number of imidazole rings is 1. The number of benzene rings is 1. The molecule has 1 N–H and O–H groups in total. The van der Waals surface area contributed by atoms with Crippen molar-refractivity contribution in [2.45, 2.75) is 12.8 Å². The molecular weight excluding hydrogens is 247 g/mol. The predicted octanol–water partition coefficient (Wildman–Crippen LogP) is 3.18. The first-order valence-corrected chi connectivity index (χ1v) is 4.38. The van der Waals surface area contributed by atoms with E-state index in [1.165, 1.54) is 6.07 Å². The van der Waals surface area contributed by atoms with Gasteiger partial charge in [-0.2, -0.15) is 22.0 Å². The van der Waals surface area contributed by atoms with Crippen molar-refractivity contribution in [3.63, 3.8) is 0 Å². The van der Waals surface area contributed by atoms with Crippen LogP contribution in [0.3, 0.4) is 0 Å². The lowest BCUT2D eigenvalue weighted by atomic mass is 10.3. The summed E-state index contributed by atoms with van der Waals surface area (Å²) < 4.78 is 64.7. The Morgan fingerprint density at radius 3 is 2.53 bits per heavy atom. The maximum atomic E-state index is 12.3. The smallest absolute Gasteiger partial charge is 0.435 e. The van der Waals surface area contributed by atoms with E-state index in [1.807, 2.05) is 4.98 Å². The molecule has 0 bridgehead atoms. The molecule has 2 aromatic rings. The minimum Gasteiger partial charge on any atom is -0.435 e. The molecule has 0 aliphatic heterocycles. The van der Waals surface area contributed by atoms with Crippen LogP contribution in [-0.4, -0.2) is 16.6 Å². The molecule has 0 aliphatic carbocycles. The molecule has 0 saturated heterocycles. The van der Waals surface area contributed by atoms with E-state index in [4.69, 9.17) is 0 Å². The Morgan fingerprint density at radius 1 is 1.24 bits per heavy atom. The van der Waals surface area contributed by atoms with Crippen molar-refractivity contribution in [3.05, 3.63) is 24.0 Å². The highest BCUT2D eigenvalue weighted by atomic mass is 19.4. The van der Waals surface area contributed by atoms with Gasteiger partial charge in [0.2, 0.25) is 5.82 Å². The standard InChI is InChI=1S/C9H5F5N2O/c10-8(11)17-4-1-2-5-6(3-4)16-7(15-5)9(12,13)14/h1-3,8H,(H,15,16). The molecule has 3 nitrogen and oxygen atoms in total. The highest BCUT2D eigenvalue weighted by molar-refractivity contribution is 5.76. The van der Waals surface area contributed by atoms with E-state index < -0.39 is 18.6 Å². The third-order valence-electron chi connectivity index (χ3n) is 1.95. The van der Waals surface area contributed by atoms with Crippen LogP contribution in [0.4, 0.5) is 22.0 Å². The first kappa shape index (κ1) is 11.6. The van der Waals surface area contributed by atoms with Crippen molar-refractivity contribution in [1.82, 2.24) is 9.97 Å². The van der Waals surface area contributed by atoms with Crippen molar-refractivity contribution in [1.29, 1.82) is 0 Å². The van der Waals surface area contributed by atoms with Gasteiger partial charge < -0.3 is 9.72 Å². The fraction of sp³-hybridized carbons (Fsp3) is 0.222. The molecule has 0 saturated carbocycles. The van der Waals surface area contributed by atoms with Gasteiger partial charge in [0, 0.05) is 6.07 Å². The molecule has 0 fully saturated rings. The van der Waals surface area contributed by atoms with Gasteiger partial charge in [-0.3, -0.25) is 0 Å². The second-order valence-electron chi connectivity index (χ2n) is 3.14. The zero-order valence-corrected chi connectivity index (χ0v) is 8.05. The maximum Gasteiger partial charge on any atom is 0.449 e. The number of rotatable bonds is 2. The van der Waals surface area contributed by atoms with Gasteiger partial charge in [-0.05, 0) is 12.1 Å². The van der Waals surface area contributed by atoms with E-state index in [0.29, 0.717) is 0 Å². The van der Waals surface area contributed by atoms with Crippen LogP contribution < -0.4 is 4.74 Å². The first-order chi connectivity index (χ1) is 7.86. The second-order valence-corrected chi connectivity index (χ2v) is 3.14. The van der Waals surface area contributed by atoms with E-state index in [2.05, 4.69) is 9.72 Å². The van der Waals surface area contributed by atoms with Gasteiger partial charge in [-0.25, -0.2) is 4.98 Å². The maximum absolute atomic E-state index is 12.3. The summed E-state index contributed by atoms with van der Waals surface area (Å²) in [6.07, 6.45) is -4.61. The number of aromatic nitrogens is 2. The molecule has 1 heterocycles. The molecule has 0 unspecified atom stereocenters. The molecule has 0 amide bonds. The number of aromatic amines is 1. The van der Waals surface area contributed by atoms with Crippen molar-refractivity contribution in [2.75, 3.05) is 0 Å². The highest BCUT2D eigenvalue weighted by Gasteiger charge is 2.34. The largest absolute Gasteiger partial charge is 0.449 e. The summed E-state index contributed by atoms with van der Waals surface area (Å²) in [4.78, 5) is 5.27. The minimum absolute atomic E-state index is 0.0181. The van der Waals surface area contributed by atoms with Gasteiger partial charge in [-0.1, -0.05) is 0 Å². The number of nitrogens with one attached hydrogen (secondary N) is 1. The van der Waals surface area contributed by atoms with Crippen LogP contribution in [0.5, 0.6) is 5.75 Å². The van der Waals surface area contributed by atoms with Gasteiger partial charge in [-0.15, -0.1) is 0 Å². The van der Waals surface area contributed by atoms with Crippen LogP contribution >= 0.6 is 0 Å². The van der Waals surface area contributed by atoms with Crippen LogP contribution in [0.1, 0.15) is 5.82 Å². The normalized spacial score (nSPS) is 12.4. The van der Waals surface area contributed by atoms with Crippen molar-refractivity contribution < 1.29 is 26.7 Å². The lowest BCUT2D eigenvalue weighted by Gasteiger charge is -2.02. The van der Waals surface area contributed by atoms with Gasteiger partial charge in [0.25, 0.3) is 0 Å². The van der Waals surface area contributed by atoms with Crippen LogP contribution in [-0.2, 0) is 6.18 Å². The Labute approximate surface area is 91.2 Å². The average molecular weight is 252 g/mol. The van der Waals surface area contributed by atoms with Crippen LogP contribution in [0.25, 0.3) is 11.0 Å². The molecular formula is C9H5F5N2O. The van der Waals surface area contributed by atoms with Crippen LogP contribution in [0, 0.1) is 0 Å². The van der Waals surface area contributed by atoms with Gasteiger partial charge >= 0.3 is 12.8 Å². The lowest BCUT2D eigenvalue weighted by Crippen LogP contribution is -2.06. The van der Waals surface area contributed by atoms with Gasteiger partial charge in [0.1, 0.15) is 5.75 Å². The molecule has 0 radical (unpaired) electrons. The van der Waals surface area contributed by atoms with Crippen LogP contribution in [0.2, 0.25) is 0 Å². The van der Waals surface area contributed by atoms with E-state index >= 15 is 0 Å². The number of halogens is 5. The zero-order chi connectivity index (χ0) is 12.6. The number of hydrogen-bond donors (Lipinski definition) is 1. The Balaban J connectivity index is 2.41. The molecule has 8 heteroatoms. The van der Waals surface area contributed by atoms with Crippen LogP contribution in [0.15, 0.2) is 18.2 Å². The molecule has 1 aromatic carbocycles. The molecule has 2 rings (SSSR count). The second kappa shape index (κ2) is 3.86. The summed E-state index contributed by atoms with van der Waals surface area (Å²) in [6.45, 7) is -3.03. The number of ether oxygens (including phenoxy) is 1. The SMILES string of the molecule is FC(F)Oc1ccc2nc(C(F)(F)F)[nH]c2c1. The summed E-state index contributed by atoms with van der Waals surface area (Å²) in [5, 5.41) is 0. The zero-order valence-electron chi connectivity index (χ0n) is 8.05. The topological polar surface area (TPSA) is 37.9 Å². The highest BCUT2D eigenvalue weighted by Crippen LogP contribution is 2.29. The summed E-state index contributed by atoms with van der Waals surface area (Å²) >= 11 is 0. The molecule has 92 valence electrons. The van der Waals surface area contributed by atoms with Crippen molar-refractivity contribution in [2.24, 2.45) is 0 Å². The average Bonchev–Trinajstić information content (AvgIpc) is 2.58. The van der Waals surface area contributed by atoms with E-state index in [-0.39, 0.29) is 16.8 Å². The third kappa shape index (κ3) is 2.45. The minimum atomic E-state index is -4.61. The quantitative estimate of drug-likeness (QED) is 0.833.